The third-order valence-electron chi connectivity index (χ3n) is 5.35. The molecule has 0 bridgehead atoms. The summed E-state index contributed by atoms with van der Waals surface area (Å²) in [5.41, 5.74) is 4.87. The van der Waals surface area contributed by atoms with Crippen LogP contribution in [0.1, 0.15) is 42.1 Å². The van der Waals surface area contributed by atoms with Crippen molar-refractivity contribution in [2.45, 2.75) is 40.3 Å². The molecule has 4 heteroatoms. The van der Waals surface area contributed by atoms with Crippen molar-refractivity contribution in [3.63, 3.8) is 0 Å². The zero-order chi connectivity index (χ0) is 19.6. The molecular weight excluding hydrogens is 338 g/mol. The highest BCUT2D eigenvalue weighted by Gasteiger charge is 2.17. The number of hydrogen-bond acceptors (Lipinski definition) is 4. The Labute approximate surface area is 160 Å². The van der Waals surface area contributed by atoms with Crippen molar-refractivity contribution in [1.29, 1.82) is 0 Å². The number of benzene rings is 2. The Balaban J connectivity index is 1.98. The van der Waals surface area contributed by atoms with Gasteiger partial charge in [0.05, 0.1) is 7.11 Å². The molecule has 1 unspecified atom stereocenters. The van der Waals surface area contributed by atoms with Gasteiger partial charge in [0.15, 0.2) is 0 Å². The normalized spacial score (nSPS) is 12.5. The maximum Gasteiger partial charge on any atom is 0.336 e. The number of rotatable bonds is 6. The summed E-state index contributed by atoms with van der Waals surface area (Å²) in [6.45, 7) is 9.98. The van der Waals surface area contributed by atoms with E-state index in [9.17, 15) is 4.79 Å². The summed E-state index contributed by atoms with van der Waals surface area (Å²) in [7, 11) is 1.68. The van der Waals surface area contributed by atoms with E-state index in [-0.39, 0.29) is 11.7 Å². The zero-order valence-corrected chi connectivity index (χ0v) is 16.7. The fraction of sp³-hybridized carbons (Fsp3) is 0.348. The molecule has 0 radical (unpaired) electrons. The van der Waals surface area contributed by atoms with Gasteiger partial charge >= 0.3 is 5.63 Å². The number of ether oxygens (including phenoxy) is 1. The van der Waals surface area contributed by atoms with Gasteiger partial charge in [-0.3, -0.25) is 4.90 Å². The van der Waals surface area contributed by atoms with Gasteiger partial charge in [-0.25, -0.2) is 4.79 Å². The molecule has 4 nitrogen and oxygen atoms in total. The summed E-state index contributed by atoms with van der Waals surface area (Å²) in [5, 5.41) is 1.01. The van der Waals surface area contributed by atoms with Gasteiger partial charge in [0.1, 0.15) is 11.3 Å². The summed E-state index contributed by atoms with van der Waals surface area (Å²) in [5.74, 6) is 0.854. The van der Waals surface area contributed by atoms with Crippen molar-refractivity contribution in [2.24, 2.45) is 0 Å². The molecule has 0 aliphatic rings. The molecule has 0 saturated heterocycles. The van der Waals surface area contributed by atoms with E-state index in [2.05, 4.69) is 43.9 Å². The number of methoxy groups -OCH3 is 1. The maximum absolute atomic E-state index is 12.1. The summed E-state index contributed by atoms with van der Waals surface area (Å²) in [6.07, 6.45) is 0. The Morgan fingerprint density at radius 2 is 1.85 bits per heavy atom. The minimum atomic E-state index is -0.300. The van der Waals surface area contributed by atoms with Crippen LogP contribution in [0.4, 0.5) is 0 Å². The lowest BCUT2D eigenvalue weighted by molar-refractivity contribution is 0.213. The van der Waals surface area contributed by atoms with Gasteiger partial charge in [-0.05, 0) is 73.8 Å². The standard InChI is InChI=1S/C23H27NO3/c1-6-24(17(4)18-8-7-9-20(12-18)26-5)14-19-13-23(25)27-22-11-16(3)15(2)10-21(19)22/h7-13,17H,6,14H2,1-5H3. The Hall–Kier alpha value is -2.59. The van der Waals surface area contributed by atoms with E-state index in [4.69, 9.17) is 9.15 Å². The van der Waals surface area contributed by atoms with Crippen molar-refractivity contribution >= 4 is 11.0 Å². The monoisotopic (exact) mass is 365 g/mol. The summed E-state index contributed by atoms with van der Waals surface area (Å²) < 4.78 is 10.8. The molecule has 27 heavy (non-hydrogen) atoms. The molecule has 0 spiro atoms. The number of nitrogens with zero attached hydrogens (tertiary/aromatic N) is 1. The molecule has 0 aliphatic heterocycles. The summed E-state index contributed by atoms with van der Waals surface area (Å²) >= 11 is 0. The molecular formula is C23H27NO3. The van der Waals surface area contributed by atoms with Gasteiger partial charge in [0, 0.05) is 24.0 Å². The highest BCUT2D eigenvalue weighted by Crippen LogP contribution is 2.28. The van der Waals surface area contributed by atoms with E-state index in [1.54, 1.807) is 13.2 Å². The first-order chi connectivity index (χ1) is 12.9. The maximum atomic E-state index is 12.1. The van der Waals surface area contributed by atoms with Crippen LogP contribution >= 0.6 is 0 Å². The van der Waals surface area contributed by atoms with Crippen LogP contribution in [-0.2, 0) is 6.54 Å². The Kier molecular flexibility index (Phi) is 5.66. The van der Waals surface area contributed by atoms with E-state index in [0.29, 0.717) is 12.1 Å². The molecule has 1 aromatic heterocycles. The van der Waals surface area contributed by atoms with Crippen molar-refractivity contribution < 1.29 is 9.15 Å². The molecule has 1 atom stereocenters. The average Bonchev–Trinajstić information content (AvgIpc) is 2.66. The second kappa shape index (κ2) is 7.97. The van der Waals surface area contributed by atoms with Crippen molar-refractivity contribution in [3.8, 4) is 5.75 Å². The Morgan fingerprint density at radius 1 is 1.11 bits per heavy atom. The second-order valence-electron chi connectivity index (χ2n) is 7.04. The Morgan fingerprint density at radius 3 is 2.56 bits per heavy atom. The summed E-state index contributed by atoms with van der Waals surface area (Å²) in [6, 6.07) is 14.0. The second-order valence-corrected chi connectivity index (χ2v) is 7.04. The molecule has 0 saturated carbocycles. The lowest BCUT2D eigenvalue weighted by atomic mass is 10.0. The predicted molar refractivity (Wildman–Crippen MR) is 109 cm³/mol. The van der Waals surface area contributed by atoms with Crippen molar-refractivity contribution in [2.75, 3.05) is 13.7 Å². The third kappa shape index (κ3) is 4.06. The van der Waals surface area contributed by atoms with E-state index in [0.717, 1.165) is 28.8 Å². The van der Waals surface area contributed by atoms with Crippen LogP contribution in [0.5, 0.6) is 5.75 Å². The predicted octanol–water partition coefficient (Wildman–Crippen LogP) is 5.00. The molecule has 3 aromatic rings. The fourth-order valence-electron chi connectivity index (χ4n) is 3.47. The van der Waals surface area contributed by atoms with Crippen LogP contribution in [0.3, 0.4) is 0 Å². The van der Waals surface area contributed by atoms with E-state index >= 15 is 0 Å². The van der Waals surface area contributed by atoms with Gasteiger partial charge in [0.2, 0.25) is 0 Å². The highest BCUT2D eigenvalue weighted by molar-refractivity contribution is 5.81. The number of fused-ring (bicyclic) bond motifs is 1. The first-order valence-electron chi connectivity index (χ1n) is 9.35. The minimum Gasteiger partial charge on any atom is -0.497 e. The quantitative estimate of drug-likeness (QED) is 0.577. The van der Waals surface area contributed by atoms with Gasteiger partial charge in [0.25, 0.3) is 0 Å². The minimum absolute atomic E-state index is 0.193. The molecule has 0 fully saturated rings. The van der Waals surface area contributed by atoms with Crippen LogP contribution in [0.25, 0.3) is 11.0 Å². The Bertz CT molecular complexity index is 1010. The molecule has 3 rings (SSSR count). The summed E-state index contributed by atoms with van der Waals surface area (Å²) in [4.78, 5) is 14.4. The number of aryl methyl sites for hydroxylation is 2. The third-order valence-corrected chi connectivity index (χ3v) is 5.35. The van der Waals surface area contributed by atoms with Crippen molar-refractivity contribution in [3.05, 3.63) is 75.1 Å². The van der Waals surface area contributed by atoms with Gasteiger partial charge < -0.3 is 9.15 Å². The van der Waals surface area contributed by atoms with Gasteiger partial charge in [-0.2, -0.15) is 0 Å². The van der Waals surface area contributed by atoms with Crippen LogP contribution in [0.15, 0.2) is 51.7 Å². The smallest absolute Gasteiger partial charge is 0.336 e. The van der Waals surface area contributed by atoms with Crippen LogP contribution in [0.2, 0.25) is 0 Å². The SMILES string of the molecule is CCN(Cc1cc(=O)oc2cc(C)c(C)cc12)C(C)c1cccc(OC)c1. The molecule has 0 aliphatic carbocycles. The first kappa shape index (κ1) is 19.2. The van der Waals surface area contributed by atoms with E-state index in [1.807, 2.05) is 25.1 Å². The largest absolute Gasteiger partial charge is 0.497 e. The van der Waals surface area contributed by atoms with E-state index in [1.165, 1.54) is 11.1 Å². The topological polar surface area (TPSA) is 42.7 Å². The lowest BCUT2D eigenvalue weighted by Crippen LogP contribution is -2.27. The molecule has 1 heterocycles. The van der Waals surface area contributed by atoms with E-state index < -0.39 is 0 Å². The lowest BCUT2D eigenvalue weighted by Gasteiger charge is -2.29. The van der Waals surface area contributed by atoms with Crippen LogP contribution < -0.4 is 10.4 Å². The molecule has 2 aromatic carbocycles. The zero-order valence-electron chi connectivity index (χ0n) is 16.7. The first-order valence-corrected chi connectivity index (χ1v) is 9.35. The van der Waals surface area contributed by atoms with Crippen LogP contribution in [-0.4, -0.2) is 18.6 Å². The van der Waals surface area contributed by atoms with Crippen LogP contribution in [0, 0.1) is 13.8 Å². The molecule has 0 N–H and O–H groups in total. The molecule has 142 valence electrons. The van der Waals surface area contributed by atoms with Crippen molar-refractivity contribution in [1.82, 2.24) is 4.90 Å². The highest BCUT2D eigenvalue weighted by atomic mass is 16.5. The fourth-order valence-corrected chi connectivity index (χ4v) is 3.47. The number of hydrogen-bond donors (Lipinski definition) is 0. The average molecular weight is 365 g/mol. The van der Waals surface area contributed by atoms with Gasteiger partial charge in [-0.15, -0.1) is 0 Å². The molecule has 0 amide bonds. The van der Waals surface area contributed by atoms with Gasteiger partial charge in [-0.1, -0.05) is 19.1 Å².